The summed E-state index contributed by atoms with van der Waals surface area (Å²) < 4.78 is 12.9. The van der Waals surface area contributed by atoms with Gasteiger partial charge >= 0.3 is 0 Å². The standard InChI is InChI=1S/C16H38O2Si2/c1-13(17-19(9,10)15(3,4)5)14(2)18-20(11,12)16(6,7)8/h13-14H,1-12H3/t13-,14-/m0/s1. The Hall–Kier alpha value is 0.354. The van der Waals surface area contributed by atoms with E-state index in [0.717, 1.165) is 0 Å². The average Bonchev–Trinajstić information content (AvgIpc) is 2.12. The van der Waals surface area contributed by atoms with E-state index in [0.29, 0.717) is 0 Å². The molecule has 0 heterocycles. The van der Waals surface area contributed by atoms with Crippen LogP contribution in [0, 0.1) is 0 Å². The van der Waals surface area contributed by atoms with Gasteiger partial charge in [0.2, 0.25) is 0 Å². The first kappa shape index (κ1) is 20.4. The van der Waals surface area contributed by atoms with Crippen LogP contribution in [0.1, 0.15) is 55.4 Å². The van der Waals surface area contributed by atoms with Gasteiger partial charge in [0.15, 0.2) is 16.6 Å². The monoisotopic (exact) mass is 318 g/mol. The van der Waals surface area contributed by atoms with Crippen LogP contribution >= 0.6 is 0 Å². The van der Waals surface area contributed by atoms with Crippen LogP contribution < -0.4 is 0 Å². The van der Waals surface area contributed by atoms with Crippen LogP contribution in [0.15, 0.2) is 0 Å². The van der Waals surface area contributed by atoms with Gasteiger partial charge in [0.25, 0.3) is 0 Å². The molecule has 0 N–H and O–H groups in total. The van der Waals surface area contributed by atoms with Crippen molar-refractivity contribution in [3.63, 3.8) is 0 Å². The maximum atomic E-state index is 6.46. The highest BCUT2D eigenvalue weighted by Gasteiger charge is 2.42. The molecular weight excluding hydrogens is 280 g/mol. The summed E-state index contributed by atoms with van der Waals surface area (Å²) in [6, 6.07) is 0. The first-order valence-corrected chi connectivity index (χ1v) is 13.7. The summed E-state index contributed by atoms with van der Waals surface area (Å²) in [6.45, 7) is 27.3. The molecule has 0 rings (SSSR count). The van der Waals surface area contributed by atoms with Gasteiger partial charge in [0.1, 0.15) is 0 Å². The van der Waals surface area contributed by atoms with Crippen molar-refractivity contribution in [1.82, 2.24) is 0 Å². The van der Waals surface area contributed by atoms with Crippen molar-refractivity contribution in [1.29, 1.82) is 0 Å². The molecular formula is C16H38O2Si2. The van der Waals surface area contributed by atoms with Crippen molar-refractivity contribution < 1.29 is 8.85 Å². The average molecular weight is 319 g/mol. The molecule has 0 radical (unpaired) electrons. The number of rotatable bonds is 5. The van der Waals surface area contributed by atoms with Gasteiger partial charge in [-0.1, -0.05) is 41.5 Å². The molecule has 0 spiro atoms. The van der Waals surface area contributed by atoms with Crippen molar-refractivity contribution in [3.8, 4) is 0 Å². The maximum absolute atomic E-state index is 6.46. The Morgan fingerprint density at radius 1 is 0.600 bits per heavy atom. The molecule has 0 aromatic rings. The molecule has 0 aliphatic rings. The fourth-order valence-electron chi connectivity index (χ4n) is 1.47. The van der Waals surface area contributed by atoms with Crippen LogP contribution in [0.4, 0.5) is 0 Å². The Kier molecular flexibility index (Phi) is 6.34. The second-order valence-electron chi connectivity index (χ2n) is 9.17. The fourth-order valence-corrected chi connectivity index (χ4v) is 4.42. The zero-order valence-electron chi connectivity index (χ0n) is 16.0. The normalized spacial score (nSPS) is 18.0. The molecule has 0 saturated heterocycles. The topological polar surface area (TPSA) is 18.5 Å². The second kappa shape index (κ2) is 6.23. The predicted molar refractivity (Wildman–Crippen MR) is 95.5 cm³/mol. The van der Waals surface area contributed by atoms with Gasteiger partial charge in [-0.25, -0.2) is 0 Å². The Morgan fingerprint density at radius 2 is 0.800 bits per heavy atom. The summed E-state index contributed by atoms with van der Waals surface area (Å²) in [4.78, 5) is 0. The number of hydrogen-bond donors (Lipinski definition) is 0. The van der Waals surface area contributed by atoms with E-state index in [9.17, 15) is 0 Å². The zero-order valence-corrected chi connectivity index (χ0v) is 18.0. The van der Waals surface area contributed by atoms with E-state index in [-0.39, 0.29) is 22.3 Å². The summed E-state index contributed by atoms with van der Waals surface area (Å²) in [6.07, 6.45) is 0.315. The third-order valence-corrected chi connectivity index (χ3v) is 14.4. The minimum Gasteiger partial charge on any atom is -0.412 e. The summed E-state index contributed by atoms with van der Waals surface area (Å²) in [5, 5.41) is 0.496. The summed E-state index contributed by atoms with van der Waals surface area (Å²) in [5.74, 6) is 0. The molecule has 4 heteroatoms. The second-order valence-corrected chi connectivity index (χ2v) is 18.7. The highest BCUT2D eigenvalue weighted by atomic mass is 28.4. The zero-order chi connectivity index (χ0) is 16.6. The van der Waals surface area contributed by atoms with E-state index in [4.69, 9.17) is 8.85 Å². The van der Waals surface area contributed by atoms with Gasteiger partial charge in [0, 0.05) is 0 Å². The SMILES string of the molecule is C[C@H](O[Si](C)(C)C(C)(C)C)[C@H](C)O[Si](C)(C)C(C)(C)C. The molecule has 2 nitrogen and oxygen atoms in total. The van der Waals surface area contributed by atoms with Crippen LogP contribution in [0.3, 0.4) is 0 Å². The molecule has 0 aromatic carbocycles. The van der Waals surface area contributed by atoms with E-state index in [1.165, 1.54) is 0 Å². The van der Waals surface area contributed by atoms with Crippen LogP contribution in [-0.2, 0) is 8.85 Å². The third-order valence-electron chi connectivity index (χ3n) is 5.23. The van der Waals surface area contributed by atoms with Gasteiger partial charge in [-0.2, -0.15) is 0 Å². The molecule has 2 atom stereocenters. The van der Waals surface area contributed by atoms with Crippen LogP contribution in [-0.4, -0.2) is 28.8 Å². The molecule has 0 bridgehead atoms. The smallest absolute Gasteiger partial charge is 0.192 e. The lowest BCUT2D eigenvalue weighted by molar-refractivity contribution is 0.0585. The van der Waals surface area contributed by atoms with Crippen LogP contribution in [0.25, 0.3) is 0 Å². The van der Waals surface area contributed by atoms with Crippen molar-refractivity contribution in [2.75, 3.05) is 0 Å². The largest absolute Gasteiger partial charge is 0.412 e. The molecule has 0 aliphatic heterocycles. The van der Waals surface area contributed by atoms with Gasteiger partial charge in [-0.05, 0) is 50.1 Å². The molecule has 0 amide bonds. The minimum atomic E-state index is -1.72. The van der Waals surface area contributed by atoms with Crippen molar-refractivity contribution in [3.05, 3.63) is 0 Å². The molecule has 0 fully saturated rings. The molecule has 0 saturated carbocycles. The van der Waals surface area contributed by atoms with Gasteiger partial charge in [-0.15, -0.1) is 0 Å². The first-order chi connectivity index (χ1) is 8.51. The van der Waals surface area contributed by atoms with Gasteiger partial charge in [-0.3, -0.25) is 0 Å². The molecule has 122 valence electrons. The summed E-state index contributed by atoms with van der Waals surface area (Å²) in [5.41, 5.74) is 0. The van der Waals surface area contributed by atoms with Crippen molar-refractivity contribution in [2.45, 2.75) is 104 Å². The molecule has 0 aliphatic carbocycles. The molecule has 20 heavy (non-hydrogen) atoms. The highest BCUT2D eigenvalue weighted by Crippen LogP contribution is 2.40. The fraction of sp³-hybridized carbons (Fsp3) is 1.00. The van der Waals surface area contributed by atoms with Crippen LogP contribution in [0.5, 0.6) is 0 Å². The summed E-state index contributed by atoms with van der Waals surface area (Å²) in [7, 11) is -3.43. The Balaban J connectivity index is 4.78. The Morgan fingerprint density at radius 3 is 0.950 bits per heavy atom. The number of hydrogen-bond acceptors (Lipinski definition) is 2. The van der Waals surface area contributed by atoms with Crippen LogP contribution in [0.2, 0.25) is 36.3 Å². The summed E-state index contributed by atoms with van der Waals surface area (Å²) >= 11 is 0. The third kappa shape index (κ3) is 5.28. The van der Waals surface area contributed by atoms with Crippen molar-refractivity contribution >= 4 is 16.6 Å². The Labute approximate surface area is 129 Å². The van der Waals surface area contributed by atoms with Crippen molar-refractivity contribution in [2.24, 2.45) is 0 Å². The maximum Gasteiger partial charge on any atom is 0.192 e. The Bertz CT molecular complexity index is 279. The van der Waals surface area contributed by atoms with E-state index < -0.39 is 16.6 Å². The lowest BCUT2D eigenvalue weighted by Gasteiger charge is -2.43. The van der Waals surface area contributed by atoms with E-state index in [1.54, 1.807) is 0 Å². The van der Waals surface area contributed by atoms with Gasteiger partial charge < -0.3 is 8.85 Å². The minimum absolute atomic E-state index is 0.157. The first-order valence-electron chi connectivity index (χ1n) is 7.87. The van der Waals surface area contributed by atoms with E-state index in [1.807, 2.05) is 0 Å². The van der Waals surface area contributed by atoms with E-state index >= 15 is 0 Å². The lowest BCUT2D eigenvalue weighted by atomic mass is 10.2. The highest BCUT2D eigenvalue weighted by molar-refractivity contribution is 6.74. The molecule has 0 unspecified atom stereocenters. The predicted octanol–water partition coefficient (Wildman–Crippen LogP) is 5.81. The van der Waals surface area contributed by atoms with Gasteiger partial charge in [0.05, 0.1) is 12.2 Å². The lowest BCUT2D eigenvalue weighted by Crippen LogP contribution is -2.50. The van der Waals surface area contributed by atoms with E-state index in [2.05, 4.69) is 81.6 Å². The molecule has 0 aromatic heterocycles. The quantitative estimate of drug-likeness (QED) is 0.596.